The standard InChI is InChI=1S/C9H7ClF3NO/c10-6-2-4(7-3-15-7)1-5(8(6)14)9(11,12)13/h1-2,7H,3,14H2. The Bertz CT molecular complexity index is 401. The first-order chi connectivity index (χ1) is 6.89. The van der Waals surface area contributed by atoms with E-state index in [0.717, 1.165) is 6.07 Å². The van der Waals surface area contributed by atoms with E-state index in [2.05, 4.69) is 0 Å². The summed E-state index contributed by atoms with van der Waals surface area (Å²) in [6.07, 6.45) is -4.76. The fraction of sp³-hybridized carbons (Fsp3) is 0.333. The first kappa shape index (κ1) is 10.6. The maximum Gasteiger partial charge on any atom is 0.418 e. The predicted octanol–water partition coefficient (Wildman–Crippen LogP) is 3.01. The summed E-state index contributed by atoms with van der Waals surface area (Å²) in [5.41, 5.74) is 4.34. The van der Waals surface area contributed by atoms with E-state index < -0.39 is 17.4 Å². The van der Waals surface area contributed by atoms with E-state index in [0.29, 0.717) is 12.2 Å². The molecule has 0 spiro atoms. The minimum atomic E-state index is -4.49. The molecule has 0 saturated carbocycles. The third-order valence-corrected chi connectivity index (χ3v) is 2.48. The number of hydrogen-bond acceptors (Lipinski definition) is 2. The molecule has 82 valence electrons. The van der Waals surface area contributed by atoms with Gasteiger partial charge in [-0.15, -0.1) is 0 Å². The van der Waals surface area contributed by atoms with Crippen LogP contribution in [0, 0.1) is 0 Å². The Morgan fingerprint density at radius 3 is 2.47 bits per heavy atom. The molecule has 0 amide bonds. The van der Waals surface area contributed by atoms with Gasteiger partial charge in [0.25, 0.3) is 0 Å². The van der Waals surface area contributed by atoms with Gasteiger partial charge >= 0.3 is 6.18 Å². The number of ether oxygens (including phenoxy) is 1. The van der Waals surface area contributed by atoms with Gasteiger partial charge in [0.2, 0.25) is 0 Å². The third-order valence-electron chi connectivity index (χ3n) is 2.16. The van der Waals surface area contributed by atoms with Crippen molar-refractivity contribution in [2.45, 2.75) is 12.3 Å². The lowest BCUT2D eigenvalue weighted by molar-refractivity contribution is -0.136. The number of nitrogens with two attached hydrogens (primary N) is 1. The number of halogens is 4. The van der Waals surface area contributed by atoms with E-state index in [-0.39, 0.29) is 11.1 Å². The molecule has 0 bridgehead atoms. The summed E-state index contributed by atoms with van der Waals surface area (Å²) in [6, 6.07) is 2.39. The zero-order chi connectivity index (χ0) is 11.2. The Labute approximate surface area is 88.8 Å². The molecule has 6 heteroatoms. The Balaban J connectivity index is 2.52. The van der Waals surface area contributed by atoms with Crippen molar-refractivity contribution in [2.24, 2.45) is 0 Å². The van der Waals surface area contributed by atoms with Crippen LogP contribution in [0.4, 0.5) is 18.9 Å². The predicted molar refractivity (Wildman–Crippen MR) is 49.6 cm³/mol. The van der Waals surface area contributed by atoms with E-state index in [1.54, 1.807) is 0 Å². The third kappa shape index (κ3) is 2.03. The maximum absolute atomic E-state index is 12.5. The molecular formula is C9H7ClF3NO. The summed E-state index contributed by atoms with van der Waals surface area (Å²) in [5.74, 6) is 0. The van der Waals surface area contributed by atoms with E-state index in [1.165, 1.54) is 6.07 Å². The first-order valence-corrected chi connectivity index (χ1v) is 4.55. The highest BCUT2D eigenvalue weighted by molar-refractivity contribution is 6.33. The molecule has 1 aliphatic heterocycles. The van der Waals surface area contributed by atoms with Gasteiger partial charge in [0.05, 0.1) is 22.9 Å². The zero-order valence-electron chi connectivity index (χ0n) is 7.44. The Hall–Kier alpha value is -0.940. The van der Waals surface area contributed by atoms with Crippen LogP contribution in [-0.4, -0.2) is 6.61 Å². The van der Waals surface area contributed by atoms with Crippen molar-refractivity contribution in [3.8, 4) is 0 Å². The molecule has 2 rings (SSSR count). The van der Waals surface area contributed by atoms with Crippen molar-refractivity contribution in [3.63, 3.8) is 0 Å². The van der Waals surface area contributed by atoms with Gasteiger partial charge in [-0.3, -0.25) is 0 Å². The van der Waals surface area contributed by atoms with Gasteiger partial charge in [-0.1, -0.05) is 11.6 Å². The molecular weight excluding hydrogens is 231 g/mol. The highest BCUT2D eigenvalue weighted by Gasteiger charge is 2.36. The zero-order valence-corrected chi connectivity index (χ0v) is 8.19. The van der Waals surface area contributed by atoms with Crippen molar-refractivity contribution in [2.75, 3.05) is 12.3 Å². The van der Waals surface area contributed by atoms with E-state index in [4.69, 9.17) is 22.1 Å². The lowest BCUT2D eigenvalue weighted by atomic mass is 10.1. The molecule has 1 atom stereocenters. The molecule has 1 aliphatic rings. The number of benzene rings is 1. The molecule has 0 radical (unpaired) electrons. The molecule has 1 fully saturated rings. The fourth-order valence-electron chi connectivity index (χ4n) is 1.30. The number of nitrogen functional groups attached to an aromatic ring is 1. The molecule has 0 aliphatic carbocycles. The van der Waals surface area contributed by atoms with Gasteiger partial charge in [0.1, 0.15) is 6.10 Å². The average molecular weight is 238 g/mol. The van der Waals surface area contributed by atoms with E-state index >= 15 is 0 Å². The van der Waals surface area contributed by atoms with Crippen LogP contribution in [0.15, 0.2) is 12.1 Å². The smallest absolute Gasteiger partial charge is 0.397 e. The van der Waals surface area contributed by atoms with Crippen molar-refractivity contribution in [1.29, 1.82) is 0 Å². The molecule has 1 saturated heterocycles. The van der Waals surface area contributed by atoms with Crippen molar-refractivity contribution >= 4 is 17.3 Å². The second-order valence-corrected chi connectivity index (χ2v) is 3.69. The second-order valence-electron chi connectivity index (χ2n) is 3.28. The first-order valence-electron chi connectivity index (χ1n) is 4.17. The average Bonchev–Trinajstić information content (AvgIpc) is 2.90. The molecule has 1 heterocycles. The second kappa shape index (κ2) is 3.28. The van der Waals surface area contributed by atoms with Crippen LogP contribution in [0.25, 0.3) is 0 Å². The Morgan fingerprint density at radius 2 is 2.00 bits per heavy atom. The summed E-state index contributed by atoms with van der Waals surface area (Å²) in [5, 5.41) is -0.0877. The highest BCUT2D eigenvalue weighted by Crippen LogP contribution is 2.41. The van der Waals surface area contributed by atoms with Crippen LogP contribution in [0.1, 0.15) is 17.2 Å². The minimum absolute atomic E-state index is 0.0877. The lowest BCUT2D eigenvalue weighted by Gasteiger charge is -2.12. The molecule has 1 unspecified atom stereocenters. The van der Waals surface area contributed by atoms with Gasteiger partial charge < -0.3 is 10.5 Å². The maximum atomic E-state index is 12.5. The van der Waals surface area contributed by atoms with Crippen molar-refractivity contribution < 1.29 is 17.9 Å². The number of rotatable bonds is 1. The summed E-state index contributed by atoms with van der Waals surface area (Å²) in [6.45, 7) is 0.428. The number of epoxide rings is 1. The van der Waals surface area contributed by atoms with Gasteiger partial charge in [0, 0.05) is 0 Å². The van der Waals surface area contributed by atoms with Gasteiger partial charge in [-0.05, 0) is 17.7 Å². The van der Waals surface area contributed by atoms with Crippen LogP contribution in [0.5, 0.6) is 0 Å². The normalized spacial score (nSPS) is 20.4. The lowest BCUT2D eigenvalue weighted by Crippen LogP contribution is -2.10. The molecule has 2 N–H and O–H groups in total. The van der Waals surface area contributed by atoms with Crippen LogP contribution < -0.4 is 5.73 Å². The fourth-order valence-corrected chi connectivity index (χ4v) is 1.53. The number of hydrogen-bond donors (Lipinski definition) is 1. The van der Waals surface area contributed by atoms with Crippen LogP contribution >= 0.6 is 11.6 Å². The minimum Gasteiger partial charge on any atom is -0.397 e. The molecule has 0 aromatic heterocycles. The summed E-state index contributed by atoms with van der Waals surface area (Å²) >= 11 is 5.62. The number of anilines is 1. The quantitative estimate of drug-likeness (QED) is 0.602. The van der Waals surface area contributed by atoms with Gasteiger partial charge in [-0.25, -0.2) is 0 Å². The Kier molecular flexibility index (Phi) is 2.31. The Morgan fingerprint density at radius 1 is 1.40 bits per heavy atom. The monoisotopic (exact) mass is 237 g/mol. The van der Waals surface area contributed by atoms with Crippen molar-refractivity contribution in [1.82, 2.24) is 0 Å². The molecule has 1 aromatic carbocycles. The largest absolute Gasteiger partial charge is 0.418 e. The summed E-state index contributed by atoms with van der Waals surface area (Å²) < 4.78 is 42.4. The molecule has 2 nitrogen and oxygen atoms in total. The van der Waals surface area contributed by atoms with E-state index in [1.807, 2.05) is 0 Å². The summed E-state index contributed by atoms with van der Waals surface area (Å²) in [7, 11) is 0. The van der Waals surface area contributed by atoms with Crippen LogP contribution in [0.3, 0.4) is 0 Å². The number of alkyl halides is 3. The van der Waals surface area contributed by atoms with Crippen LogP contribution in [0.2, 0.25) is 5.02 Å². The molecule has 1 aromatic rings. The molecule has 15 heavy (non-hydrogen) atoms. The SMILES string of the molecule is Nc1c(Cl)cc(C2CO2)cc1C(F)(F)F. The summed E-state index contributed by atoms with van der Waals surface area (Å²) in [4.78, 5) is 0. The van der Waals surface area contributed by atoms with Gasteiger partial charge in [0.15, 0.2) is 0 Å². The topological polar surface area (TPSA) is 38.5 Å². The highest BCUT2D eigenvalue weighted by atomic mass is 35.5. The van der Waals surface area contributed by atoms with Crippen LogP contribution in [-0.2, 0) is 10.9 Å². The van der Waals surface area contributed by atoms with Crippen molar-refractivity contribution in [3.05, 3.63) is 28.3 Å². The van der Waals surface area contributed by atoms with Gasteiger partial charge in [-0.2, -0.15) is 13.2 Å². The van der Waals surface area contributed by atoms with E-state index in [9.17, 15) is 13.2 Å².